The van der Waals surface area contributed by atoms with E-state index in [4.69, 9.17) is 4.42 Å². The lowest BCUT2D eigenvalue weighted by Gasteiger charge is -2.28. The molecule has 140 valence electrons. The minimum atomic E-state index is -0.195. The molecule has 0 aliphatic carbocycles. The predicted octanol–water partition coefficient (Wildman–Crippen LogP) is 3.45. The maximum absolute atomic E-state index is 10.7. The molecule has 1 unspecified atom stereocenters. The van der Waals surface area contributed by atoms with Crippen LogP contribution in [-0.4, -0.2) is 42.7 Å². The van der Waals surface area contributed by atoms with E-state index in [1.54, 1.807) is 0 Å². The highest BCUT2D eigenvalue weighted by Crippen LogP contribution is 2.40. The molecule has 4 aromatic rings. The van der Waals surface area contributed by atoms with Crippen LogP contribution < -0.4 is 0 Å². The second-order valence-corrected chi connectivity index (χ2v) is 7.34. The van der Waals surface area contributed by atoms with Crippen molar-refractivity contribution in [2.45, 2.75) is 26.3 Å². The lowest BCUT2D eigenvalue weighted by Crippen LogP contribution is -2.31. The van der Waals surface area contributed by atoms with E-state index in [1.807, 2.05) is 43.6 Å². The molecule has 0 spiro atoms. The normalized spacial score (nSPS) is 12.9. The SMILES string of the molecule is CCN(CCc1ccncc1)C(c1ccc(C)o1)c1sc2ncnn2c1O. The summed E-state index contributed by atoms with van der Waals surface area (Å²) in [6.07, 6.45) is 5.95. The first kappa shape index (κ1) is 17.7. The van der Waals surface area contributed by atoms with Crippen molar-refractivity contribution in [1.82, 2.24) is 24.5 Å². The molecule has 0 saturated heterocycles. The molecule has 0 bridgehead atoms. The number of hydrogen-bond acceptors (Lipinski definition) is 7. The van der Waals surface area contributed by atoms with Gasteiger partial charge in [0.25, 0.3) is 0 Å². The smallest absolute Gasteiger partial charge is 0.230 e. The number of thiazole rings is 1. The Bertz CT molecular complexity index is 1020. The highest BCUT2D eigenvalue weighted by molar-refractivity contribution is 7.17. The number of aromatic hydroxyl groups is 1. The maximum atomic E-state index is 10.7. The van der Waals surface area contributed by atoms with Crippen molar-refractivity contribution in [2.75, 3.05) is 13.1 Å². The third-order valence-electron chi connectivity index (χ3n) is 4.63. The summed E-state index contributed by atoms with van der Waals surface area (Å²) in [5.74, 6) is 1.77. The molecule has 27 heavy (non-hydrogen) atoms. The Morgan fingerprint density at radius 2 is 2.07 bits per heavy atom. The lowest BCUT2D eigenvalue weighted by atomic mass is 10.1. The zero-order valence-electron chi connectivity index (χ0n) is 15.2. The number of aryl methyl sites for hydroxylation is 1. The Kier molecular flexibility index (Phi) is 4.91. The van der Waals surface area contributed by atoms with E-state index in [-0.39, 0.29) is 11.9 Å². The summed E-state index contributed by atoms with van der Waals surface area (Å²) in [6.45, 7) is 5.67. The van der Waals surface area contributed by atoms with Crippen LogP contribution in [0.3, 0.4) is 0 Å². The first-order valence-corrected chi connectivity index (χ1v) is 9.69. The molecule has 1 atom stereocenters. The Balaban J connectivity index is 1.70. The van der Waals surface area contributed by atoms with Crippen LogP contribution in [0, 0.1) is 6.92 Å². The topological polar surface area (TPSA) is 79.7 Å². The molecule has 8 heteroatoms. The molecule has 1 N–H and O–H groups in total. The van der Waals surface area contributed by atoms with Gasteiger partial charge in [-0.3, -0.25) is 9.88 Å². The van der Waals surface area contributed by atoms with Crippen LogP contribution in [0.4, 0.5) is 0 Å². The van der Waals surface area contributed by atoms with E-state index in [0.29, 0.717) is 4.96 Å². The first-order valence-electron chi connectivity index (χ1n) is 8.88. The van der Waals surface area contributed by atoms with Crippen molar-refractivity contribution in [2.24, 2.45) is 0 Å². The minimum Gasteiger partial charge on any atom is -0.492 e. The molecule has 4 aromatic heterocycles. The van der Waals surface area contributed by atoms with Gasteiger partial charge >= 0.3 is 0 Å². The summed E-state index contributed by atoms with van der Waals surface area (Å²) in [4.78, 5) is 12.0. The quantitative estimate of drug-likeness (QED) is 0.527. The Morgan fingerprint density at radius 3 is 2.74 bits per heavy atom. The fraction of sp³-hybridized carbons (Fsp3) is 0.316. The predicted molar refractivity (Wildman–Crippen MR) is 103 cm³/mol. The van der Waals surface area contributed by atoms with E-state index in [0.717, 1.165) is 35.9 Å². The lowest BCUT2D eigenvalue weighted by molar-refractivity contribution is 0.212. The molecule has 4 rings (SSSR count). The average molecular weight is 383 g/mol. The standard InChI is InChI=1S/C19H21N5O2S/c1-3-23(11-8-14-6-9-20-10-7-14)16(15-5-4-13(2)26-15)17-18(25)24-19(27-17)21-12-22-24/h4-7,9-10,12,16,25H,3,8,11H2,1-2H3. The van der Waals surface area contributed by atoms with Gasteiger partial charge in [0.1, 0.15) is 23.9 Å². The molecular weight excluding hydrogens is 362 g/mol. The van der Waals surface area contributed by atoms with E-state index in [9.17, 15) is 5.11 Å². The number of furan rings is 1. The summed E-state index contributed by atoms with van der Waals surface area (Å²) in [6, 6.07) is 7.79. The van der Waals surface area contributed by atoms with Gasteiger partial charge in [-0.25, -0.2) is 4.98 Å². The second-order valence-electron chi connectivity index (χ2n) is 6.33. The molecule has 0 saturated carbocycles. The first-order chi connectivity index (χ1) is 13.2. The van der Waals surface area contributed by atoms with Gasteiger partial charge in [-0.05, 0) is 49.7 Å². The van der Waals surface area contributed by atoms with Crippen LogP contribution >= 0.6 is 11.3 Å². The zero-order chi connectivity index (χ0) is 18.8. The van der Waals surface area contributed by atoms with Gasteiger partial charge in [0, 0.05) is 18.9 Å². The van der Waals surface area contributed by atoms with Crippen molar-refractivity contribution < 1.29 is 9.52 Å². The van der Waals surface area contributed by atoms with E-state index in [1.165, 1.54) is 27.7 Å². The molecule has 0 radical (unpaired) electrons. The Morgan fingerprint density at radius 1 is 1.26 bits per heavy atom. The van der Waals surface area contributed by atoms with E-state index in [2.05, 4.69) is 26.9 Å². The van der Waals surface area contributed by atoms with Gasteiger partial charge in [0.15, 0.2) is 0 Å². The third-order valence-corrected chi connectivity index (χ3v) is 5.71. The summed E-state index contributed by atoms with van der Waals surface area (Å²) in [7, 11) is 0. The molecule has 4 heterocycles. The largest absolute Gasteiger partial charge is 0.492 e. The molecule has 0 aromatic carbocycles. The minimum absolute atomic E-state index is 0.119. The molecule has 0 aliphatic heterocycles. The van der Waals surface area contributed by atoms with E-state index >= 15 is 0 Å². The summed E-state index contributed by atoms with van der Waals surface area (Å²) >= 11 is 1.44. The van der Waals surface area contributed by atoms with Crippen LogP contribution in [0.15, 0.2) is 47.4 Å². The number of nitrogens with zero attached hydrogens (tertiary/aromatic N) is 5. The van der Waals surface area contributed by atoms with Gasteiger partial charge in [-0.15, -0.1) is 0 Å². The van der Waals surface area contributed by atoms with Gasteiger partial charge in [-0.2, -0.15) is 9.61 Å². The maximum Gasteiger partial charge on any atom is 0.230 e. The molecular formula is C19H21N5O2S. The zero-order valence-corrected chi connectivity index (χ0v) is 16.1. The van der Waals surface area contributed by atoms with Gasteiger partial charge in [0.05, 0.1) is 4.88 Å². The number of hydrogen-bond donors (Lipinski definition) is 1. The summed E-state index contributed by atoms with van der Waals surface area (Å²) in [5, 5.41) is 14.8. The molecule has 0 fully saturated rings. The molecule has 0 amide bonds. The Hall–Kier alpha value is -2.71. The third kappa shape index (κ3) is 3.45. The van der Waals surface area contributed by atoms with Crippen LogP contribution in [0.2, 0.25) is 0 Å². The number of aromatic nitrogens is 4. The van der Waals surface area contributed by atoms with Crippen LogP contribution in [0.5, 0.6) is 5.88 Å². The van der Waals surface area contributed by atoms with Crippen LogP contribution in [-0.2, 0) is 6.42 Å². The molecule has 7 nitrogen and oxygen atoms in total. The van der Waals surface area contributed by atoms with Crippen molar-refractivity contribution in [3.8, 4) is 5.88 Å². The fourth-order valence-electron chi connectivity index (χ4n) is 3.24. The summed E-state index contributed by atoms with van der Waals surface area (Å²) < 4.78 is 7.43. The van der Waals surface area contributed by atoms with Crippen molar-refractivity contribution in [1.29, 1.82) is 0 Å². The molecule has 0 aliphatic rings. The second kappa shape index (κ2) is 7.50. The highest BCUT2D eigenvalue weighted by Gasteiger charge is 2.30. The Labute approximate surface area is 160 Å². The highest BCUT2D eigenvalue weighted by atomic mass is 32.1. The number of fused-ring (bicyclic) bond motifs is 1. The van der Waals surface area contributed by atoms with Gasteiger partial charge < -0.3 is 9.52 Å². The van der Waals surface area contributed by atoms with Gasteiger partial charge in [0.2, 0.25) is 10.8 Å². The van der Waals surface area contributed by atoms with Gasteiger partial charge in [-0.1, -0.05) is 18.3 Å². The van der Waals surface area contributed by atoms with Crippen molar-refractivity contribution in [3.63, 3.8) is 0 Å². The number of pyridine rings is 1. The van der Waals surface area contributed by atoms with Crippen molar-refractivity contribution in [3.05, 3.63) is 64.9 Å². The van der Waals surface area contributed by atoms with Crippen LogP contribution in [0.1, 0.15) is 34.9 Å². The van der Waals surface area contributed by atoms with E-state index < -0.39 is 0 Å². The number of likely N-dealkylation sites (N-methyl/N-ethyl adjacent to an activating group) is 1. The number of rotatable bonds is 7. The average Bonchev–Trinajstić information content (AvgIpc) is 3.38. The fourth-order valence-corrected chi connectivity index (χ4v) is 4.31. The van der Waals surface area contributed by atoms with Crippen LogP contribution in [0.25, 0.3) is 4.96 Å². The summed E-state index contributed by atoms with van der Waals surface area (Å²) in [5.41, 5.74) is 1.23. The monoisotopic (exact) mass is 383 g/mol. The van der Waals surface area contributed by atoms with Crippen molar-refractivity contribution >= 4 is 16.3 Å².